The van der Waals surface area contributed by atoms with Gasteiger partial charge in [0, 0.05) is 12.3 Å². The van der Waals surface area contributed by atoms with Gasteiger partial charge in [0.15, 0.2) is 11.5 Å². The fraction of sp³-hybridized carbons (Fsp3) is 0.667. The molecular weight excluding hydrogens is 294 g/mol. The van der Waals surface area contributed by atoms with Crippen LogP contribution >= 0.6 is 0 Å². The lowest BCUT2D eigenvalue weighted by Gasteiger charge is -2.46. The second-order valence-electron chi connectivity index (χ2n) is 6.68. The summed E-state index contributed by atoms with van der Waals surface area (Å²) < 4.78 is 16.6. The van der Waals surface area contributed by atoms with Gasteiger partial charge in [-0.1, -0.05) is 12.8 Å². The van der Waals surface area contributed by atoms with Crippen LogP contribution in [0.1, 0.15) is 43.7 Å². The number of piperidine rings is 1. The van der Waals surface area contributed by atoms with Crippen molar-refractivity contribution in [2.45, 2.75) is 43.7 Å². The minimum absolute atomic E-state index is 0.198. The third kappa shape index (κ3) is 2.76. The van der Waals surface area contributed by atoms with E-state index in [1.807, 2.05) is 6.07 Å². The van der Waals surface area contributed by atoms with Gasteiger partial charge in [-0.15, -0.1) is 0 Å². The van der Waals surface area contributed by atoms with Crippen LogP contribution in [0.3, 0.4) is 0 Å². The summed E-state index contributed by atoms with van der Waals surface area (Å²) in [7, 11) is 4.92. The average Bonchev–Trinajstić information content (AvgIpc) is 2.59. The van der Waals surface area contributed by atoms with Crippen LogP contribution < -0.4 is 19.5 Å². The molecule has 1 aromatic carbocycles. The highest BCUT2D eigenvalue weighted by Gasteiger charge is 2.49. The lowest BCUT2D eigenvalue weighted by Crippen LogP contribution is -2.91. The van der Waals surface area contributed by atoms with Gasteiger partial charge in [-0.05, 0) is 25.0 Å². The molecule has 1 saturated carbocycles. The summed E-state index contributed by atoms with van der Waals surface area (Å²) in [5.41, 5.74) is 0.561. The molecule has 128 valence electrons. The Kier molecular flexibility index (Phi) is 4.69. The summed E-state index contributed by atoms with van der Waals surface area (Å²) >= 11 is 0. The Balaban J connectivity index is 2.03. The summed E-state index contributed by atoms with van der Waals surface area (Å²) in [6, 6.07) is 4.19. The van der Waals surface area contributed by atoms with Crippen LogP contribution in [0.4, 0.5) is 0 Å². The molecule has 1 aliphatic heterocycles. The predicted molar refractivity (Wildman–Crippen MR) is 87.2 cm³/mol. The summed E-state index contributed by atoms with van der Waals surface area (Å²) in [6.45, 7) is 0.940. The van der Waals surface area contributed by atoms with Gasteiger partial charge in [0.2, 0.25) is 5.75 Å². The van der Waals surface area contributed by atoms with Crippen LogP contribution in [0.5, 0.6) is 17.2 Å². The normalized spacial score (nSPS) is 30.4. The number of hydrogen-bond acceptors (Lipinski definition) is 4. The highest BCUT2D eigenvalue weighted by molar-refractivity contribution is 5.56. The Labute approximate surface area is 137 Å². The van der Waals surface area contributed by atoms with Crippen LogP contribution in [-0.2, 0) is 0 Å². The third-order valence-electron chi connectivity index (χ3n) is 5.59. The van der Waals surface area contributed by atoms with Crippen LogP contribution in [0, 0.1) is 5.92 Å². The first-order chi connectivity index (χ1) is 11.1. The van der Waals surface area contributed by atoms with Crippen molar-refractivity contribution in [1.29, 1.82) is 0 Å². The van der Waals surface area contributed by atoms with Crippen molar-refractivity contribution in [2.75, 3.05) is 27.9 Å². The lowest BCUT2D eigenvalue weighted by molar-refractivity contribution is -0.719. The molecule has 1 aromatic rings. The fourth-order valence-electron chi connectivity index (χ4n) is 4.48. The van der Waals surface area contributed by atoms with E-state index < -0.39 is 5.60 Å². The number of nitrogens with two attached hydrogens (primary N) is 1. The molecule has 2 fully saturated rings. The number of benzene rings is 1. The van der Waals surface area contributed by atoms with Gasteiger partial charge >= 0.3 is 0 Å². The highest BCUT2D eigenvalue weighted by Crippen LogP contribution is 2.48. The monoisotopic (exact) mass is 322 g/mol. The number of hydrogen-bond donors (Lipinski definition) is 2. The summed E-state index contributed by atoms with van der Waals surface area (Å²) in [6.07, 6.45) is 5.17. The quantitative estimate of drug-likeness (QED) is 0.884. The number of aliphatic hydroxyl groups is 1. The van der Waals surface area contributed by atoms with Crippen molar-refractivity contribution in [1.82, 2.24) is 0 Å². The molecule has 1 aliphatic carbocycles. The van der Waals surface area contributed by atoms with Crippen LogP contribution in [0.2, 0.25) is 0 Å². The SMILES string of the molecule is COc1ccc([C@@H]2[NH2+]CC[C@@]3(O)CCCC[C@@H]23)c(OC)c1OC. The molecule has 3 rings (SSSR count). The topological polar surface area (TPSA) is 64.5 Å². The number of quaternary nitrogens is 1. The molecule has 0 spiro atoms. The van der Waals surface area contributed by atoms with E-state index in [0.717, 1.165) is 43.5 Å². The Hall–Kier alpha value is -1.46. The zero-order valence-electron chi connectivity index (χ0n) is 14.3. The van der Waals surface area contributed by atoms with E-state index in [0.29, 0.717) is 11.5 Å². The molecule has 5 nitrogen and oxygen atoms in total. The molecule has 3 atom stereocenters. The first-order valence-electron chi connectivity index (χ1n) is 8.49. The third-order valence-corrected chi connectivity index (χ3v) is 5.59. The van der Waals surface area contributed by atoms with E-state index in [1.165, 1.54) is 6.42 Å². The molecule has 3 N–H and O–H groups in total. The molecule has 0 radical (unpaired) electrons. The predicted octanol–water partition coefficient (Wildman–Crippen LogP) is 1.64. The second kappa shape index (κ2) is 6.57. The van der Waals surface area contributed by atoms with Crippen LogP contribution in [0.15, 0.2) is 12.1 Å². The Bertz CT molecular complexity index is 558. The van der Waals surface area contributed by atoms with Crippen LogP contribution in [0.25, 0.3) is 0 Å². The molecular formula is C18H28NO4+. The molecule has 5 heteroatoms. The molecule has 0 bridgehead atoms. The van der Waals surface area contributed by atoms with Crippen molar-refractivity contribution < 1.29 is 24.6 Å². The Morgan fingerprint density at radius 3 is 2.52 bits per heavy atom. The number of rotatable bonds is 4. The molecule has 1 heterocycles. The summed E-state index contributed by atoms with van der Waals surface area (Å²) in [5.74, 6) is 2.29. The van der Waals surface area contributed by atoms with Gasteiger partial charge in [-0.25, -0.2) is 0 Å². The van der Waals surface area contributed by atoms with E-state index in [4.69, 9.17) is 14.2 Å². The van der Waals surface area contributed by atoms with E-state index in [9.17, 15) is 5.11 Å². The van der Waals surface area contributed by atoms with Crippen LogP contribution in [-0.4, -0.2) is 38.6 Å². The number of fused-ring (bicyclic) bond motifs is 1. The van der Waals surface area contributed by atoms with Gasteiger partial charge in [0.05, 0.1) is 39.0 Å². The number of ether oxygens (including phenoxy) is 3. The fourth-order valence-corrected chi connectivity index (χ4v) is 4.48. The zero-order chi connectivity index (χ0) is 16.4. The van der Waals surface area contributed by atoms with Crippen molar-refractivity contribution in [2.24, 2.45) is 5.92 Å². The molecule has 0 amide bonds. The van der Waals surface area contributed by atoms with Crippen molar-refractivity contribution in [3.8, 4) is 17.2 Å². The molecule has 23 heavy (non-hydrogen) atoms. The van der Waals surface area contributed by atoms with Gasteiger partial charge in [0.25, 0.3) is 0 Å². The Morgan fingerprint density at radius 2 is 1.83 bits per heavy atom. The largest absolute Gasteiger partial charge is 0.493 e. The minimum Gasteiger partial charge on any atom is -0.493 e. The maximum absolute atomic E-state index is 11.1. The van der Waals surface area contributed by atoms with Crippen molar-refractivity contribution in [3.63, 3.8) is 0 Å². The van der Waals surface area contributed by atoms with Gasteiger partial charge in [-0.2, -0.15) is 0 Å². The zero-order valence-corrected chi connectivity index (χ0v) is 14.3. The van der Waals surface area contributed by atoms with E-state index >= 15 is 0 Å². The summed E-state index contributed by atoms with van der Waals surface area (Å²) in [5, 5.41) is 13.4. The van der Waals surface area contributed by atoms with Gasteiger partial charge < -0.3 is 24.6 Å². The van der Waals surface area contributed by atoms with Crippen molar-refractivity contribution in [3.05, 3.63) is 17.7 Å². The Morgan fingerprint density at radius 1 is 1.04 bits per heavy atom. The van der Waals surface area contributed by atoms with E-state index in [2.05, 4.69) is 11.4 Å². The standard InChI is InChI=1S/C18H27NO4/c1-21-14-8-7-12(16(22-2)17(14)23-3)15-13-6-4-5-9-18(13,20)10-11-19-15/h7-8,13,15,19-20H,4-6,9-11H2,1-3H3/p+1/t13-,15-,18-/m0/s1. The van der Waals surface area contributed by atoms with E-state index in [1.54, 1.807) is 21.3 Å². The molecule has 0 unspecified atom stereocenters. The second-order valence-corrected chi connectivity index (χ2v) is 6.68. The smallest absolute Gasteiger partial charge is 0.203 e. The molecule has 0 aromatic heterocycles. The molecule has 1 saturated heterocycles. The van der Waals surface area contributed by atoms with E-state index in [-0.39, 0.29) is 12.0 Å². The minimum atomic E-state index is -0.532. The maximum atomic E-state index is 11.1. The van der Waals surface area contributed by atoms with Crippen molar-refractivity contribution >= 4 is 0 Å². The lowest BCUT2D eigenvalue weighted by atomic mass is 9.66. The molecule has 2 aliphatic rings. The first kappa shape index (κ1) is 16.4. The highest BCUT2D eigenvalue weighted by atomic mass is 16.5. The van der Waals surface area contributed by atoms with Gasteiger partial charge in [-0.3, -0.25) is 0 Å². The summed E-state index contributed by atoms with van der Waals surface area (Å²) in [4.78, 5) is 0. The number of methoxy groups -OCH3 is 3. The van der Waals surface area contributed by atoms with Gasteiger partial charge in [0.1, 0.15) is 6.04 Å². The first-order valence-corrected chi connectivity index (χ1v) is 8.49. The maximum Gasteiger partial charge on any atom is 0.203 e. The average molecular weight is 322 g/mol.